The molecule has 0 radical (unpaired) electrons. The van der Waals surface area contributed by atoms with Crippen molar-refractivity contribution in [1.29, 1.82) is 0 Å². The smallest absolute Gasteiger partial charge is 0.301 e. The van der Waals surface area contributed by atoms with E-state index in [2.05, 4.69) is 40.2 Å². The van der Waals surface area contributed by atoms with Crippen molar-refractivity contribution in [2.75, 3.05) is 26.4 Å². The molecule has 1 unspecified atom stereocenters. The van der Waals surface area contributed by atoms with E-state index in [0.717, 1.165) is 26.2 Å². The largest absolute Gasteiger partial charge is 0.359 e. The second-order valence-corrected chi connectivity index (χ2v) is 4.98. The molecule has 0 bridgehead atoms. The molecule has 1 aliphatic heterocycles. The van der Waals surface area contributed by atoms with Gasteiger partial charge in [-0.15, -0.1) is 0 Å². The van der Waals surface area contributed by atoms with E-state index >= 15 is 0 Å². The third kappa shape index (κ3) is 5.48. The van der Waals surface area contributed by atoms with E-state index in [1.807, 2.05) is 0 Å². The number of rotatable bonds is 7. The standard InChI is InChI=1S/C10H20N2O3S/c1-10(2)8-12-6-5-11(9-12)4-3-7-15-16(13)14/h5-6,10H,3-4,7-9H2,1-2H3,(H,13,14). The molecule has 16 heavy (non-hydrogen) atoms. The molecule has 0 aromatic rings. The Morgan fingerprint density at radius 2 is 2.12 bits per heavy atom. The normalized spacial score (nSPS) is 17.5. The van der Waals surface area contributed by atoms with Gasteiger partial charge in [-0.25, -0.2) is 0 Å². The van der Waals surface area contributed by atoms with Gasteiger partial charge in [0.1, 0.15) is 0 Å². The van der Waals surface area contributed by atoms with E-state index in [1.54, 1.807) is 0 Å². The highest BCUT2D eigenvalue weighted by atomic mass is 32.2. The van der Waals surface area contributed by atoms with Crippen LogP contribution >= 0.6 is 0 Å². The molecule has 0 aliphatic carbocycles. The Bertz CT molecular complexity index is 258. The molecule has 94 valence electrons. The van der Waals surface area contributed by atoms with Crippen LogP contribution < -0.4 is 0 Å². The predicted octanol–water partition coefficient (Wildman–Crippen LogP) is 1.23. The molecule has 0 saturated heterocycles. The summed E-state index contributed by atoms with van der Waals surface area (Å²) in [6.45, 7) is 7.52. The Morgan fingerprint density at radius 3 is 2.75 bits per heavy atom. The number of hydrogen-bond acceptors (Lipinski definition) is 4. The van der Waals surface area contributed by atoms with Crippen molar-refractivity contribution < 1.29 is 12.9 Å². The fourth-order valence-corrected chi connectivity index (χ4v) is 1.91. The second kappa shape index (κ2) is 6.88. The van der Waals surface area contributed by atoms with Crippen LogP contribution in [-0.4, -0.2) is 44.9 Å². The highest BCUT2D eigenvalue weighted by Crippen LogP contribution is 2.09. The lowest BCUT2D eigenvalue weighted by Crippen LogP contribution is -2.29. The summed E-state index contributed by atoms with van der Waals surface area (Å²) in [6.07, 6.45) is 4.90. The quantitative estimate of drug-likeness (QED) is 0.542. The van der Waals surface area contributed by atoms with E-state index < -0.39 is 11.4 Å². The van der Waals surface area contributed by atoms with E-state index in [9.17, 15) is 4.21 Å². The van der Waals surface area contributed by atoms with Crippen molar-refractivity contribution in [3.05, 3.63) is 12.4 Å². The van der Waals surface area contributed by atoms with Crippen LogP contribution in [0.4, 0.5) is 0 Å². The third-order valence-electron chi connectivity index (χ3n) is 2.23. The van der Waals surface area contributed by atoms with Gasteiger partial charge in [0.2, 0.25) is 0 Å². The lowest BCUT2D eigenvalue weighted by molar-refractivity contribution is 0.226. The average molecular weight is 248 g/mol. The van der Waals surface area contributed by atoms with Crippen LogP contribution in [0.15, 0.2) is 12.4 Å². The van der Waals surface area contributed by atoms with E-state index in [-0.39, 0.29) is 0 Å². The van der Waals surface area contributed by atoms with Gasteiger partial charge in [-0.05, 0) is 12.3 Å². The zero-order valence-corrected chi connectivity index (χ0v) is 10.7. The summed E-state index contributed by atoms with van der Waals surface area (Å²) < 4.78 is 23.2. The minimum atomic E-state index is -2.13. The summed E-state index contributed by atoms with van der Waals surface area (Å²) in [7, 11) is 0. The van der Waals surface area contributed by atoms with Crippen molar-refractivity contribution in [2.45, 2.75) is 20.3 Å². The molecular weight excluding hydrogens is 228 g/mol. The lowest BCUT2D eigenvalue weighted by Gasteiger charge is -2.22. The van der Waals surface area contributed by atoms with Gasteiger partial charge in [-0.3, -0.25) is 8.74 Å². The first-order valence-electron chi connectivity index (χ1n) is 5.48. The van der Waals surface area contributed by atoms with Crippen LogP contribution in [0.2, 0.25) is 0 Å². The van der Waals surface area contributed by atoms with Gasteiger partial charge in [-0.2, -0.15) is 4.21 Å². The van der Waals surface area contributed by atoms with Crippen molar-refractivity contribution in [3.8, 4) is 0 Å². The average Bonchev–Trinajstić information content (AvgIpc) is 2.59. The SMILES string of the molecule is CC(C)CN1C=CN(CCCOS(=O)O)C1. The zero-order chi connectivity index (χ0) is 12.0. The maximum atomic E-state index is 10.2. The van der Waals surface area contributed by atoms with Crippen LogP contribution in [0.5, 0.6) is 0 Å². The molecule has 1 rings (SSSR count). The fraction of sp³-hybridized carbons (Fsp3) is 0.800. The Kier molecular flexibility index (Phi) is 5.79. The molecule has 0 aromatic heterocycles. The second-order valence-electron chi connectivity index (χ2n) is 4.31. The molecule has 0 fully saturated rings. The van der Waals surface area contributed by atoms with Crippen molar-refractivity contribution in [3.63, 3.8) is 0 Å². The van der Waals surface area contributed by atoms with Gasteiger partial charge in [0, 0.05) is 25.5 Å². The lowest BCUT2D eigenvalue weighted by atomic mass is 10.2. The van der Waals surface area contributed by atoms with Crippen molar-refractivity contribution in [2.24, 2.45) is 5.92 Å². The summed E-state index contributed by atoms with van der Waals surface area (Å²) in [5.74, 6) is 0.657. The maximum absolute atomic E-state index is 10.2. The van der Waals surface area contributed by atoms with Gasteiger partial charge in [0.15, 0.2) is 0 Å². The molecule has 0 amide bonds. The van der Waals surface area contributed by atoms with Crippen LogP contribution in [0.25, 0.3) is 0 Å². The molecule has 0 saturated carbocycles. The molecule has 5 nitrogen and oxygen atoms in total. The molecule has 6 heteroatoms. The van der Waals surface area contributed by atoms with E-state index in [0.29, 0.717) is 12.5 Å². The maximum Gasteiger partial charge on any atom is 0.301 e. The van der Waals surface area contributed by atoms with Gasteiger partial charge < -0.3 is 9.80 Å². The molecular formula is C10H20N2O3S. The summed E-state index contributed by atoms with van der Waals surface area (Å²) in [5, 5.41) is 0. The van der Waals surface area contributed by atoms with Crippen molar-refractivity contribution in [1.82, 2.24) is 9.80 Å². The Morgan fingerprint density at radius 1 is 1.44 bits per heavy atom. The van der Waals surface area contributed by atoms with Gasteiger partial charge in [0.05, 0.1) is 13.3 Å². The molecule has 1 atom stereocenters. The minimum absolute atomic E-state index is 0.317. The topological polar surface area (TPSA) is 53.0 Å². The highest BCUT2D eigenvalue weighted by Gasteiger charge is 2.12. The van der Waals surface area contributed by atoms with Gasteiger partial charge >= 0.3 is 11.4 Å². The van der Waals surface area contributed by atoms with Crippen LogP contribution in [0.3, 0.4) is 0 Å². The monoisotopic (exact) mass is 248 g/mol. The molecule has 0 spiro atoms. The van der Waals surface area contributed by atoms with Crippen LogP contribution in [-0.2, 0) is 15.5 Å². The number of hydrogen-bond donors (Lipinski definition) is 1. The predicted molar refractivity (Wildman–Crippen MR) is 63.6 cm³/mol. The molecule has 1 aliphatic rings. The first-order chi connectivity index (χ1) is 7.58. The van der Waals surface area contributed by atoms with Crippen LogP contribution in [0.1, 0.15) is 20.3 Å². The minimum Gasteiger partial charge on any atom is -0.359 e. The van der Waals surface area contributed by atoms with E-state index in [4.69, 9.17) is 4.55 Å². The molecule has 0 aromatic carbocycles. The number of nitrogens with zero attached hydrogens (tertiary/aromatic N) is 2. The summed E-state index contributed by atoms with van der Waals surface area (Å²) in [5.41, 5.74) is 0. The Balaban J connectivity index is 2.08. The molecule has 1 N–H and O–H groups in total. The fourth-order valence-electron chi connectivity index (χ4n) is 1.65. The summed E-state index contributed by atoms with van der Waals surface area (Å²) >= 11 is -2.13. The van der Waals surface area contributed by atoms with E-state index in [1.165, 1.54) is 0 Å². The summed E-state index contributed by atoms with van der Waals surface area (Å²) in [4.78, 5) is 4.43. The third-order valence-corrected chi connectivity index (χ3v) is 2.59. The Hall–Kier alpha value is -0.590. The van der Waals surface area contributed by atoms with Gasteiger partial charge in [0.25, 0.3) is 0 Å². The highest BCUT2D eigenvalue weighted by molar-refractivity contribution is 7.74. The van der Waals surface area contributed by atoms with Gasteiger partial charge in [-0.1, -0.05) is 13.8 Å². The first-order valence-corrected chi connectivity index (χ1v) is 6.51. The van der Waals surface area contributed by atoms with Crippen LogP contribution in [0, 0.1) is 5.92 Å². The summed E-state index contributed by atoms with van der Waals surface area (Å²) in [6, 6.07) is 0. The zero-order valence-electron chi connectivity index (χ0n) is 9.83. The Labute approximate surface area is 99.5 Å². The van der Waals surface area contributed by atoms with Crippen molar-refractivity contribution >= 4 is 11.4 Å². The first kappa shape index (κ1) is 13.5. The molecule has 1 heterocycles.